The second-order valence-corrected chi connectivity index (χ2v) is 5.28. The van der Waals surface area contributed by atoms with Crippen LogP contribution in [-0.4, -0.2) is 11.9 Å². The van der Waals surface area contributed by atoms with E-state index in [-0.39, 0.29) is 10.2 Å². The van der Waals surface area contributed by atoms with Crippen LogP contribution in [0, 0.1) is 0 Å². The van der Waals surface area contributed by atoms with Crippen LogP contribution in [0.3, 0.4) is 0 Å². The Balaban J connectivity index is 2.81. The van der Waals surface area contributed by atoms with E-state index >= 15 is 0 Å². The van der Waals surface area contributed by atoms with Crippen LogP contribution in [0.1, 0.15) is 31.7 Å². The zero-order chi connectivity index (χ0) is 15.3. The van der Waals surface area contributed by atoms with Crippen LogP contribution in [0.5, 0.6) is 0 Å². The zero-order valence-corrected chi connectivity index (χ0v) is 12.5. The molecule has 1 atom stereocenters. The van der Waals surface area contributed by atoms with Gasteiger partial charge in [0.1, 0.15) is 0 Å². The highest BCUT2D eigenvalue weighted by Crippen LogP contribution is 2.36. The van der Waals surface area contributed by atoms with Gasteiger partial charge in [0.15, 0.2) is 0 Å². The van der Waals surface area contributed by atoms with Crippen LogP contribution >= 0.6 is 15.9 Å². The smallest absolute Gasteiger partial charge is 0.325 e. The van der Waals surface area contributed by atoms with Crippen molar-refractivity contribution < 1.29 is 18.0 Å². The predicted molar refractivity (Wildman–Crippen MR) is 75.3 cm³/mol. The summed E-state index contributed by atoms with van der Waals surface area (Å²) >= 11 is 2.84. The van der Waals surface area contributed by atoms with Crippen molar-refractivity contribution >= 4 is 27.5 Å². The van der Waals surface area contributed by atoms with Crippen LogP contribution in [0.4, 0.5) is 18.9 Å². The van der Waals surface area contributed by atoms with Gasteiger partial charge in [0, 0.05) is 10.2 Å². The molecule has 3 nitrogen and oxygen atoms in total. The number of nitrogens with one attached hydrogen (secondary N) is 1. The molecule has 0 aliphatic carbocycles. The average Bonchev–Trinajstić information content (AvgIpc) is 2.36. The molecule has 0 fully saturated rings. The molecule has 0 aromatic heterocycles. The molecule has 0 bridgehead atoms. The Hall–Kier alpha value is -1.08. The van der Waals surface area contributed by atoms with E-state index in [4.69, 9.17) is 5.73 Å². The number of unbranched alkanes of at least 4 members (excludes halogenated alkanes) is 1. The predicted octanol–water partition coefficient (Wildman–Crippen LogP) is 3.92. The summed E-state index contributed by atoms with van der Waals surface area (Å²) in [4.78, 5) is 11.7. The molecule has 0 aliphatic heterocycles. The van der Waals surface area contributed by atoms with Gasteiger partial charge < -0.3 is 11.1 Å². The molecule has 1 rings (SSSR count). The van der Waals surface area contributed by atoms with E-state index in [1.807, 2.05) is 6.92 Å². The van der Waals surface area contributed by atoms with Gasteiger partial charge in [-0.05, 0) is 24.6 Å². The van der Waals surface area contributed by atoms with Gasteiger partial charge in [-0.1, -0.05) is 35.7 Å². The summed E-state index contributed by atoms with van der Waals surface area (Å²) in [7, 11) is 0. The molecule has 20 heavy (non-hydrogen) atoms. The third kappa shape index (κ3) is 4.79. The maximum Gasteiger partial charge on any atom is 0.417 e. The number of nitrogens with two attached hydrogens (primary N) is 1. The average molecular weight is 353 g/mol. The molecule has 0 heterocycles. The minimum atomic E-state index is -4.48. The van der Waals surface area contributed by atoms with Gasteiger partial charge in [-0.2, -0.15) is 13.2 Å². The van der Waals surface area contributed by atoms with Crippen molar-refractivity contribution in [1.82, 2.24) is 0 Å². The monoisotopic (exact) mass is 352 g/mol. The summed E-state index contributed by atoms with van der Waals surface area (Å²) in [6, 6.07) is 2.81. The number of amides is 1. The molecule has 1 amide bonds. The van der Waals surface area contributed by atoms with E-state index in [1.54, 1.807) is 0 Å². The molecule has 3 N–H and O–H groups in total. The fourth-order valence-electron chi connectivity index (χ4n) is 1.61. The van der Waals surface area contributed by atoms with Crippen molar-refractivity contribution in [3.05, 3.63) is 28.2 Å². The van der Waals surface area contributed by atoms with Gasteiger partial charge >= 0.3 is 6.18 Å². The summed E-state index contributed by atoms with van der Waals surface area (Å²) < 4.78 is 38.1. The topological polar surface area (TPSA) is 55.1 Å². The molecule has 0 saturated heterocycles. The van der Waals surface area contributed by atoms with Gasteiger partial charge in [-0.25, -0.2) is 0 Å². The maximum atomic E-state index is 12.7. The highest BCUT2D eigenvalue weighted by Gasteiger charge is 2.33. The van der Waals surface area contributed by atoms with E-state index in [0.717, 1.165) is 18.9 Å². The van der Waals surface area contributed by atoms with Crippen molar-refractivity contribution in [3.63, 3.8) is 0 Å². The number of anilines is 1. The number of rotatable bonds is 5. The first-order valence-electron chi connectivity index (χ1n) is 6.19. The molecule has 0 spiro atoms. The van der Waals surface area contributed by atoms with Gasteiger partial charge in [0.05, 0.1) is 11.6 Å². The van der Waals surface area contributed by atoms with E-state index in [1.165, 1.54) is 12.1 Å². The van der Waals surface area contributed by atoms with Crippen molar-refractivity contribution in [2.24, 2.45) is 5.73 Å². The fraction of sp³-hybridized carbons (Fsp3) is 0.462. The number of carbonyl (C=O) groups is 1. The van der Waals surface area contributed by atoms with Crippen LogP contribution in [0.25, 0.3) is 0 Å². The lowest BCUT2D eigenvalue weighted by Crippen LogP contribution is -2.35. The van der Waals surface area contributed by atoms with Crippen molar-refractivity contribution in [3.8, 4) is 0 Å². The molecule has 7 heteroatoms. The summed E-state index contributed by atoms with van der Waals surface area (Å²) in [6.07, 6.45) is -2.28. The molecule has 112 valence electrons. The van der Waals surface area contributed by atoms with Crippen molar-refractivity contribution in [2.75, 3.05) is 5.32 Å². The van der Waals surface area contributed by atoms with Crippen molar-refractivity contribution in [2.45, 2.75) is 38.4 Å². The van der Waals surface area contributed by atoms with Crippen molar-refractivity contribution in [1.29, 1.82) is 0 Å². The van der Waals surface area contributed by atoms with Crippen LogP contribution in [0.15, 0.2) is 22.7 Å². The SMILES string of the molecule is CCCC[C@H](N)C(=O)Nc1ccc(Br)c(C(F)(F)F)c1. The minimum Gasteiger partial charge on any atom is -0.325 e. The van der Waals surface area contributed by atoms with Crippen LogP contribution in [0.2, 0.25) is 0 Å². The van der Waals surface area contributed by atoms with Crippen LogP contribution in [-0.2, 0) is 11.0 Å². The first kappa shape index (κ1) is 17.0. The molecule has 0 saturated carbocycles. The normalized spacial score (nSPS) is 13.1. The number of hydrogen-bond donors (Lipinski definition) is 2. The molecule has 0 aliphatic rings. The largest absolute Gasteiger partial charge is 0.417 e. The second kappa shape index (κ2) is 7.08. The van der Waals surface area contributed by atoms with Gasteiger partial charge in [0.2, 0.25) is 5.91 Å². The summed E-state index contributed by atoms with van der Waals surface area (Å²) in [5.74, 6) is -0.478. The number of halogens is 4. The van der Waals surface area contributed by atoms with Gasteiger partial charge in [0.25, 0.3) is 0 Å². The number of hydrogen-bond acceptors (Lipinski definition) is 2. The first-order valence-corrected chi connectivity index (χ1v) is 6.98. The standard InChI is InChI=1S/C13H16BrF3N2O/c1-2-3-4-11(18)12(20)19-8-5-6-10(14)9(7-8)13(15,16)17/h5-7,11H,2-4,18H2,1H3,(H,19,20)/t11-/m0/s1. The fourth-order valence-corrected chi connectivity index (χ4v) is 2.08. The Morgan fingerprint density at radius 3 is 2.65 bits per heavy atom. The Labute approximate surface area is 123 Å². The number of carbonyl (C=O) groups excluding carboxylic acids is 1. The van der Waals surface area contributed by atoms with Crippen LogP contribution < -0.4 is 11.1 Å². The Morgan fingerprint density at radius 2 is 2.10 bits per heavy atom. The molecule has 1 aromatic rings. The second-order valence-electron chi connectivity index (χ2n) is 4.43. The third-order valence-corrected chi connectivity index (χ3v) is 3.44. The highest BCUT2D eigenvalue weighted by atomic mass is 79.9. The summed E-state index contributed by atoms with van der Waals surface area (Å²) in [6.45, 7) is 1.97. The Kier molecular flexibility index (Phi) is 6.01. The molecular formula is C13H16BrF3N2O. The lowest BCUT2D eigenvalue weighted by atomic mass is 10.1. The quantitative estimate of drug-likeness (QED) is 0.843. The maximum absolute atomic E-state index is 12.7. The molecule has 0 unspecified atom stereocenters. The van der Waals surface area contributed by atoms with E-state index < -0.39 is 23.7 Å². The summed E-state index contributed by atoms with van der Waals surface area (Å²) in [5, 5.41) is 2.41. The lowest BCUT2D eigenvalue weighted by molar-refractivity contribution is -0.138. The Morgan fingerprint density at radius 1 is 1.45 bits per heavy atom. The molecule has 0 radical (unpaired) electrons. The zero-order valence-electron chi connectivity index (χ0n) is 10.9. The highest BCUT2D eigenvalue weighted by molar-refractivity contribution is 9.10. The summed E-state index contributed by atoms with van der Waals surface area (Å²) in [5.41, 5.74) is 4.91. The van der Waals surface area contributed by atoms with E-state index in [2.05, 4.69) is 21.2 Å². The number of alkyl halides is 3. The van der Waals surface area contributed by atoms with Gasteiger partial charge in [-0.3, -0.25) is 4.79 Å². The molecular weight excluding hydrogens is 337 g/mol. The third-order valence-electron chi connectivity index (χ3n) is 2.74. The first-order chi connectivity index (χ1) is 9.25. The lowest BCUT2D eigenvalue weighted by Gasteiger charge is -2.14. The minimum absolute atomic E-state index is 0.0710. The molecule has 1 aromatic carbocycles. The van der Waals surface area contributed by atoms with E-state index in [0.29, 0.717) is 6.42 Å². The van der Waals surface area contributed by atoms with E-state index in [9.17, 15) is 18.0 Å². The Bertz CT molecular complexity index is 477. The number of benzene rings is 1. The van der Waals surface area contributed by atoms with Gasteiger partial charge in [-0.15, -0.1) is 0 Å².